The molecule has 1 aromatic heterocycles. The fraction of sp³-hybridized carbons (Fsp3) is 0.312. The van der Waals surface area contributed by atoms with Gasteiger partial charge in [-0.2, -0.15) is 0 Å². The molecular formula is C16H18FNO. The molecule has 0 bridgehead atoms. The van der Waals surface area contributed by atoms with Crippen molar-refractivity contribution < 1.29 is 9.13 Å². The minimum absolute atomic E-state index is 0.0444. The molecule has 3 heteroatoms. The van der Waals surface area contributed by atoms with Crippen LogP contribution >= 0.6 is 0 Å². The fourth-order valence-corrected chi connectivity index (χ4v) is 1.88. The van der Waals surface area contributed by atoms with E-state index in [9.17, 15) is 4.39 Å². The van der Waals surface area contributed by atoms with Crippen molar-refractivity contribution in [3.63, 3.8) is 0 Å². The van der Waals surface area contributed by atoms with Crippen LogP contribution in [0.2, 0.25) is 0 Å². The molecule has 0 atom stereocenters. The predicted octanol–water partition coefficient (Wildman–Crippen LogP) is 4.19. The number of hydrogen-bond acceptors (Lipinski definition) is 2. The van der Waals surface area contributed by atoms with E-state index in [1.54, 1.807) is 12.3 Å². The van der Waals surface area contributed by atoms with Crippen LogP contribution in [0.4, 0.5) is 4.39 Å². The maximum absolute atomic E-state index is 13.7. The van der Waals surface area contributed by atoms with Crippen LogP contribution in [0.15, 0.2) is 36.5 Å². The summed E-state index contributed by atoms with van der Waals surface area (Å²) < 4.78 is 18.6. The average molecular weight is 259 g/mol. The number of pyridine rings is 1. The first-order valence-electron chi connectivity index (χ1n) is 6.22. The average Bonchev–Trinajstić information content (AvgIpc) is 2.38. The van der Waals surface area contributed by atoms with Crippen LogP contribution in [-0.2, 0) is 5.41 Å². The summed E-state index contributed by atoms with van der Waals surface area (Å²) in [5, 5.41) is 0. The first-order valence-corrected chi connectivity index (χ1v) is 6.22. The lowest BCUT2D eigenvalue weighted by atomic mass is 9.87. The molecule has 2 rings (SSSR count). The van der Waals surface area contributed by atoms with Crippen LogP contribution in [0.5, 0.6) is 5.75 Å². The van der Waals surface area contributed by atoms with Gasteiger partial charge in [-0.25, -0.2) is 4.39 Å². The molecule has 100 valence electrons. The van der Waals surface area contributed by atoms with E-state index >= 15 is 0 Å². The van der Waals surface area contributed by atoms with Gasteiger partial charge in [0.15, 0.2) is 11.6 Å². The Bertz CT molecular complexity index is 588. The highest BCUT2D eigenvalue weighted by atomic mass is 19.1. The first-order chi connectivity index (χ1) is 8.91. The van der Waals surface area contributed by atoms with Crippen molar-refractivity contribution >= 4 is 0 Å². The highest BCUT2D eigenvalue weighted by Gasteiger charge is 2.15. The second-order valence-corrected chi connectivity index (χ2v) is 5.53. The lowest BCUT2D eigenvalue weighted by Gasteiger charge is -2.19. The summed E-state index contributed by atoms with van der Waals surface area (Å²) in [5.41, 5.74) is 2.75. The molecular weight excluding hydrogens is 241 g/mol. The maximum atomic E-state index is 13.7. The predicted molar refractivity (Wildman–Crippen MR) is 74.9 cm³/mol. The van der Waals surface area contributed by atoms with Crippen LogP contribution in [0.25, 0.3) is 11.3 Å². The minimum atomic E-state index is -0.372. The van der Waals surface area contributed by atoms with Crippen molar-refractivity contribution in [1.82, 2.24) is 4.98 Å². The molecule has 19 heavy (non-hydrogen) atoms. The Morgan fingerprint density at radius 1 is 1.11 bits per heavy atom. The van der Waals surface area contributed by atoms with Gasteiger partial charge in [-0.05, 0) is 41.3 Å². The third kappa shape index (κ3) is 2.92. The molecule has 0 aliphatic rings. The Kier molecular flexibility index (Phi) is 3.56. The first kappa shape index (κ1) is 13.5. The lowest BCUT2D eigenvalue weighted by molar-refractivity contribution is 0.386. The summed E-state index contributed by atoms with van der Waals surface area (Å²) in [5.74, 6) is -0.126. The molecule has 1 heterocycles. The van der Waals surface area contributed by atoms with Gasteiger partial charge in [-0.15, -0.1) is 0 Å². The summed E-state index contributed by atoms with van der Waals surface area (Å²) in [6, 6.07) is 8.88. The number of ether oxygens (including phenoxy) is 1. The van der Waals surface area contributed by atoms with Gasteiger partial charge in [0.25, 0.3) is 0 Å². The normalized spacial score (nSPS) is 11.4. The van der Waals surface area contributed by atoms with Crippen molar-refractivity contribution in [3.05, 3.63) is 47.9 Å². The van der Waals surface area contributed by atoms with E-state index in [0.29, 0.717) is 0 Å². The molecule has 1 aromatic carbocycles. The number of benzene rings is 1. The van der Waals surface area contributed by atoms with Crippen LogP contribution < -0.4 is 4.74 Å². The molecule has 0 spiro atoms. The smallest absolute Gasteiger partial charge is 0.165 e. The number of aromatic nitrogens is 1. The maximum Gasteiger partial charge on any atom is 0.165 e. The van der Waals surface area contributed by atoms with Crippen molar-refractivity contribution in [2.24, 2.45) is 0 Å². The zero-order valence-corrected chi connectivity index (χ0v) is 11.7. The Morgan fingerprint density at radius 2 is 1.84 bits per heavy atom. The van der Waals surface area contributed by atoms with Crippen molar-refractivity contribution in [2.45, 2.75) is 26.2 Å². The van der Waals surface area contributed by atoms with E-state index < -0.39 is 0 Å². The van der Waals surface area contributed by atoms with E-state index in [2.05, 4.69) is 25.8 Å². The van der Waals surface area contributed by atoms with Gasteiger partial charge in [-0.3, -0.25) is 4.98 Å². The Balaban J connectivity index is 2.45. The number of hydrogen-bond donors (Lipinski definition) is 0. The molecule has 0 saturated heterocycles. The van der Waals surface area contributed by atoms with Crippen LogP contribution in [0.1, 0.15) is 26.3 Å². The molecule has 0 aliphatic carbocycles. The Morgan fingerprint density at radius 3 is 2.42 bits per heavy atom. The third-order valence-corrected chi connectivity index (χ3v) is 3.07. The SMILES string of the molecule is COc1ccc(-c2cc(C(C)(C)C)ccn2)cc1F. The van der Waals surface area contributed by atoms with E-state index in [1.807, 2.05) is 18.2 Å². The Labute approximate surface area is 113 Å². The van der Waals surface area contributed by atoms with Gasteiger partial charge in [0, 0.05) is 11.8 Å². The van der Waals surface area contributed by atoms with Gasteiger partial charge < -0.3 is 4.74 Å². The summed E-state index contributed by atoms with van der Waals surface area (Å²) in [6.07, 6.45) is 1.76. The van der Waals surface area contributed by atoms with Crippen molar-refractivity contribution in [2.75, 3.05) is 7.11 Å². The van der Waals surface area contributed by atoms with Crippen LogP contribution in [-0.4, -0.2) is 12.1 Å². The monoisotopic (exact) mass is 259 g/mol. The quantitative estimate of drug-likeness (QED) is 0.806. The molecule has 0 fully saturated rings. The van der Waals surface area contributed by atoms with Gasteiger partial charge in [0.2, 0.25) is 0 Å². The molecule has 0 radical (unpaired) electrons. The number of nitrogens with zero attached hydrogens (tertiary/aromatic N) is 1. The molecule has 0 amide bonds. The van der Waals surface area contributed by atoms with Crippen molar-refractivity contribution in [3.8, 4) is 17.0 Å². The Hall–Kier alpha value is -1.90. The zero-order valence-electron chi connectivity index (χ0n) is 11.7. The second-order valence-electron chi connectivity index (χ2n) is 5.53. The highest BCUT2D eigenvalue weighted by molar-refractivity contribution is 5.61. The largest absolute Gasteiger partial charge is 0.494 e. The topological polar surface area (TPSA) is 22.1 Å². The van der Waals surface area contributed by atoms with Gasteiger partial charge in [0.05, 0.1) is 12.8 Å². The van der Waals surface area contributed by atoms with Gasteiger partial charge in [-0.1, -0.05) is 20.8 Å². The van der Waals surface area contributed by atoms with Crippen molar-refractivity contribution in [1.29, 1.82) is 0 Å². The summed E-state index contributed by atoms with van der Waals surface area (Å²) in [7, 11) is 1.45. The van der Waals surface area contributed by atoms with Crippen LogP contribution in [0, 0.1) is 5.82 Å². The minimum Gasteiger partial charge on any atom is -0.494 e. The zero-order chi connectivity index (χ0) is 14.0. The molecule has 0 saturated carbocycles. The molecule has 2 aromatic rings. The van der Waals surface area contributed by atoms with E-state index in [4.69, 9.17) is 4.74 Å². The summed E-state index contributed by atoms with van der Waals surface area (Å²) >= 11 is 0. The molecule has 0 aliphatic heterocycles. The van der Waals surface area contributed by atoms with Gasteiger partial charge >= 0.3 is 0 Å². The van der Waals surface area contributed by atoms with E-state index in [-0.39, 0.29) is 17.0 Å². The number of rotatable bonds is 2. The lowest BCUT2D eigenvalue weighted by Crippen LogP contribution is -2.11. The van der Waals surface area contributed by atoms with Crippen LogP contribution in [0.3, 0.4) is 0 Å². The summed E-state index contributed by atoms with van der Waals surface area (Å²) in [6.45, 7) is 6.42. The van der Waals surface area contributed by atoms with E-state index in [0.717, 1.165) is 11.3 Å². The highest BCUT2D eigenvalue weighted by Crippen LogP contribution is 2.28. The van der Waals surface area contributed by atoms with Gasteiger partial charge in [0.1, 0.15) is 0 Å². The number of methoxy groups -OCH3 is 1. The second kappa shape index (κ2) is 5.00. The summed E-state index contributed by atoms with van der Waals surface area (Å²) in [4.78, 5) is 4.31. The molecule has 2 nitrogen and oxygen atoms in total. The third-order valence-electron chi connectivity index (χ3n) is 3.07. The molecule has 0 N–H and O–H groups in total. The number of halogens is 1. The fourth-order valence-electron chi connectivity index (χ4n) is 1.88. The van der Waals surface area contributed by atoms with E-state index in [1.165, 1.54) is 18.7 Å². The molecule has 0 unspecified atom stereocenters. The standard InChI is InChI=1S/C16H18FNO/c1-16(2,3)12-7-8-18-14(10-12)11-5-6-15(19-4)13(17)9-11/h5-10H,1-4H3.